The highest BCUT2D eigenvalue weighted by Crippen LogP contribution is 2.26. The fourth-order valence-corrected chi connectivity index (χ4v) is 3.32. The van der Waals surface area contributed by atoms with Crippen molar-refractivity contribution in [3.63, 3.8) is 0 Å². The normalized spacial score (nSPS) is 11.9. The van der Waals surface area contributed by atoms with E-state index in [0.29, 0.717) is 35.2 Å². The summed E-state index contributed by atoms with van der Waals surface area (Å²) in [5.74, 6) is 1.68. The Bertz CT molecular complexity index is 1050. The molecule has 1 N–H and O–H groups in total. The molecule has 0 aliphatic heterocycles. The molecule has 0 saturated heterocycles. The molecule has 5 nitrogen and oxygen atoms in total. The average molecular weight is 433 g/mol. The highest BCUT2D eigenvalue weighted by Gasteiger charge is 2.14. The number of hydrogen-bond donors (Lipinski definition) is 1. The third-order valence-corrected chi connectivity index (χ3v) is 5.21. The van der Waals surface area contributed by atoms with Gasteiger partial charge in [0.1, 0.15) is 11.5 Å². The molecule has 1 atom stereocenters. The molecule has 0 bridgehead atoms. The molecule has 0 radical (unpaired) electrons. The lowest BCUT2D eigenvalue weighted by Gasteiger charge is -2.14. The molecule has 1 amide bonds. The molecule has 168 valence electrons. The predicted molar refractivity (Wildman–Crippen MR) is 129 cm³/mol. The molecule has 3 rings (SSSR count). The summed E-state index contributed by atoms with van der Waals surface area (Å²) < 4.78 is 11.7. The Hall–Kier alpha value is -3.18. The van der Waals surface area contributed by atoms with Crippen LogP contribution in [0.5, 0.6) is 11.5 Å². The van der Waals surface area contributed by atoms with Gasteiger partial charge in [0.15, 0.2) is 0 Å². The molecule has 0 spiro atoms. The summed E-state index contributed by atoms with van der Waals surface area (Å²) in [6.07, 6.45) is 0.852. The van der Waals surface area contributed by atoms with Crippen LogP contribution in [0, 0.1) is 6.92 Å². The number of nitrogens with one attached hydrogen (secondary N) is 1. The van der Waals surface area contributed by atoms with E-state index in [1.165, 1.54) is 5.56 Å². The maximum Gasteiger partial charge on any atom is 0.257 e. The van der Waals surface area contributed by atoms with E-state index in [1.807, 2.05) is 56.3 Å². The SMILES string of the molecule is CCCOC(C)c1ccc(C(=O)Nc2cccc(Oc3ccc(C(C)C)cc3)c2)c(C)n1. The second kappa shape index (κ2) is 10.9. The first kappa shape index (κ1) is 23.5. The van der Waals surface area contributed by atoms with Gasteiger partial charge in [-0.15, -0.1) is 0 Å². The Labute approximate surface area is 190 Å². The van der Waals surface area contributed by atoms with Crippen LogP contribution < -0.4 is 10.1 Å². The maximum absolute atomic E-state index is 12.8. The third kappa shape index (κ3) is 6.17. The number of carbonyl (C=O) groups excluding carboxylic acids is 1. The van der Waals surface area contributed by atoms with Crippen LogP contribution in [-0.2, 0) is 4.74 Å². The number of anilines is 1. The van der Waals surface area contributed by atoms with Crippen molar-refractivity contribution in [2.45, 2.75) is 53.1 Å². The number of ether oxygens (including phenoxy) is 2. The summed E-state index contributed by atoms with van der Waals surface area (Å²) in [5, 5.41) is 2.94. The molecule has 1 aromatic heterocycles. The third-order valence-electron chi connectivity index (χ3n) is 5.21. The lowest BCUT2D eigenvalue weighted by Crippen LogP contribution is -2.15. The molecule has 0 aliphatic rings. The summed E-state index contributed by atoms with van der Waals surface area (Å²) >= 11 is 0. The van der Waals surface area contributed by atoms with Crippen LogP contribution in [0.25, 0.3) is 0 Å². The number of rotatable bonds is 9. The molecule has 1 heterocycles. The molecule has 3 aromatic rings. The smallest absolute Gasteiger partial charge is 0.257 e. The molecule has 5 heteroatoms. The second-order valence-electron chi connectivity index (χ2n) is 8.19. The number of aryl methyl sites for hydroxylation is 1. The molecular formula is C27H32N2O3. The van der Waals surface area contributed by atoms with Gasteiger partial charge >= 0.3 is 0 Å². The zero-order valence-corrected chi connectivity index (χ0v) is 19.5. The molecule has 1 unspecified atom stereocenters. The van der Waals surface area contributed by atoms with E-state index in [-0.39, 0.29) is 12.0 Å². The van der Waals surface area contributed by atoms with E-state index in [2.05, 4.69) is 43.2 Å². The lowest BCUT2D eigenvalue weighted by molar-refractivity contribution is 0.0632. The van der Waals surface area contributed by atoms with E-state index in [9.17, 15) is 4.79 Å². The van der Waals surface area contributed by atoms with Gasteiger partial charge in [-0.2, -0.15) is 0 Å². The van der Waals surface area contributed by atoms with E-state index < -0.39 is 0 Å². The number of carbonyl (C=O) groups is 1. The summed E-state index contributed by atoms with van der Waals surface area (Å²) in [7, 11) is 0. The quantitative estimate of drug-likeness (QED) is 0.394. The molecular weight excluding hydrogens is 400 g/mol. The number of amides is 1. The molecule has 32 heavy (non-hydrogen) atoms. The fraction of sp³-hybridized carbons (Fsp3) is 0.333. The van der Waals surface area contributed by atoms with Crippen LogP contribution in [0.15, 0.2) is 60.7 Å². The standard InChI is InChI=1S/C27H32N2O3/c1-6-16-31-20(5)26-15-14-25(19(4)28-26)27(30)29-22-8-7-9-24(17-22)32-23-12-10-21(11-13-23)18(2)3/h7-15,17-18,20H,6,16H2,1-5H3,(H,29,30). The van der Waals surface area contributed by atoms with Crippen molar-refractivity contribution in [3.8, 4) is 11.5 Å². The highest BCUT2D eigenvalue weighted by molar-refractivity contribution is 6.05. The van der Waals surface area contributed by atoms with Crippen molar-refractivity contribution in [2.24, 2.45) is 0 Å². The van der Waals surface area contributed by atoms with E-state index >= 15 is 0 Å². The first-order chi connectivity index (χ1) is 15.4. The van der Waals surface area contributed by atoms with E-state index in [1.54, 1.807) is 6.07 Å². The highest BCUT2D eigenvalue weighted by atomic mass is 16.5. The zero-order chi connectivity index (χ0) is 23.1. The van der Waals surface area contributed by atoms with Gasteiger partial charge < -0.3 is 14.8 Å². The van der Waals surface area contributed by atoms with Crippen molar-refractivity contribution in [1.82, 2.24) is 4.98 Å². The Morgan fingerprint density at radius 3 is 2.41 bits per heavy atom. The van der Waals surface area contributed by atoms with Crippen LogP contribution in [-0.4, -0.2) is 17.5 Å². The Balaban J connectivity index is 1.67. The van der Waals surface area contributed by atoms with Crippen molar-refractivity contribution in [2.75, 3.05) is 11.9 Å². The number of pyridine rings is 1. The molecule has 0 fully saturated rings. The minimum Gasteiger partial charge on any atom is -0.457 e. The summed E-state index contributed by atoms with van der Waals surface area (Å²) in [6, 6.07) is 19.1. The Morgan fingerprint density at radius 2 is 1.75 bits per heavy atom. The van der Waals surface area contributed by atoms with Gasteiger partial charge in [0.25, 0.3) is 5.91 Å². The van der Waals surface area contributed by atoms with Gasteiger partial charge in [0, 0.05) is 18.4 Å². The molecule has 0 aliphatic carbocycles. The first-order valence-corrected chi connectivity index (χ1v) is 11.2. The summed E-state index contributed by atoms with van der Waals surface area (Å²) in [6.45, 7) is 10.9. The second-order valence-corrected chi connectivity index (χ2v) is 8.19. The Kier molecular flexibility index (Phi) is 8.01. The number of nitrogens with zero attached hydrogens (tertiary/aromatic N) is 1. The van der Waals surface area contributed by atoms with Crippen LogP contribution in [0.3, 0.4) is 0 Å². The van der Waals surface area contributed by atoms with Crippen LogP contribution in [0.1, 0.15) is 73.4 Å². The average Bonchev–Trinajstić information content (AvgIpc) is 2.78. The number of hydrogen-bond acceptors (Lipinski definition) is 4. The molecule has 0 saturated carbocycles. The van der Waals surface area contributed by atoms with Gasteiger partial charge in [0.2, 0.25) is 0 Å². The van der Waals surface area contributed by atoms with Gasteiger partial charge in [-0.3, -0.25) is 9.78 Å². The van der Waals surface area contributed by atoms with Crippen molar-refractivity contribution >= 4 is 11.6 Å². The van der Waals surface area contributed by atoms with Crippen LogP contribution in [0.4, 0.5) is 5.69 Å². The van der Waals surface area contributed by atoms with E-state index in [0.717, 1.165) is 17.9 Å². The van der Waals surface area contributed by atoms with Gasteiger partial charge in [-0.1, -0.05) is 39.0 Å². The fourth-order valence-electron chi connectivity index (χ4n) is 3.32. The number of benzene rings is 2. The predicted octanol–water partition coefficient (Wildman–Crippen LogP) is 7.05. The largest absolute Gasteiger partial charge is 0.457 e. The van der Waals surface area contributed by atoms with Crippen LogP contribution >= 0.6 is 0 Å². The Morgan fingerprint density at radius 1 is 1.00 bits per heavy atom. The molecule has 2 aromatic carbocycles. The number of aromatic nitrogens is 1. The topological polar surface area (TPSA) is 60.5 Å². The first-order valence-electron chi connectivity index (χ1n) is 11.2. The van der Waals surface area contributed by atoms with Crippen molar-refractivity contribution < 1.29 is 14.3 Å². The maximum atomic E-state index is 12.8. The zero-order valence-electron chi connectivity index (χ0n) is 19.5. The van der Waals surface area contributed by atoms with E-state index in [4.69, 9.17) is 9.47 Å². The monoisotopic (exact) mass is 432 g/mol. The summed E-state index contributed by atoms with van der Waals surface area (Å²) in [4.78, 5) is 17.4. The van der Waals surface area contributed by atoms with Crippen molar-refractivity contribution in [1.29, 1.82) is 0 Å². The van der Waals surface area contributed by atoms with Crippen molar-refractivity contribution in [3.05, 3.63) is 83.2 Å². The van der Waals surface area contributed by atoms with Gasteiger partial charge in [0.05, 0.1) is 23.1 Å². The van der Waals surface area contributed by atoms with Gasteiger partial charge in [-0.25, -0.2) is 0 Å². The summed E-state index contributed by atoms with van der Waals surface area (Å²) in [5.41, 5.74) is 3.96. The minimum atomic E-state index is -0.206. The minimum absolute atomic E-state index is 0.103. The van der Waals surface area contributed by atoms with Gasteiger partial charge in [-0.05, 0) is 68.1 Å². The lowest BCUT2D eigenvalue weighted by atomic mass is 10.0. The van der Waals surface area contributed by atoms with Crippen LogP contribution in [0.2, 0.25) is 0 Å².